The van der Waals surface area contributed by atoms with Gasteiger partial charge in [0.05, 0.1) is 12.1 Å². The summed E-state index contributed by atoms with van der Waals surface area (Å²) in [6.45, 7) is 4.46. The zero-order valence-electron chi connectivity index (χ0n) is 14.5. The number of amides is 2. The number of urea groups is 1. The fraction of sp³-hybridized carbons (Fsp3) is 0.684. The average Bonchev–Trinajstić information content (AvgIpc) is 3.00. The van der Waals surface area contributed by atoms with Crippen LogP contribution in [-0.4, -0.2) is 47.8 Å². The normalized spacial score (nSPS) is 27.6. The van der Waals surface area contributed by atoms with Crippen LogP contribution in [0.5, 0.6) is 0 Å². The fourth-order valence-corrected chi connectivity index (χ4v) is 4.65. The summed E-state index contributed by atoms with van der Waals surface area (Å²) in [6, 6.07) is 4.38. The van der Waals surface area contributed by atoms with Crippen molar-refractivity contribution in [1.29, 1.82) is 0 Å². The van der Waals surface area contributed by atoms with Crippen LogP contribution in [0.25, 0.3) is 0 Å². The Morgan fingerprint density at radius 2 is 2.33 bits per heavy atom. The Hall–Kier alpha value is -1.62. The van der Waals surface area contributed by atoms with Crippen LogP contribution in [0.3, 0.4) is 0 Å². The first-order valence-corrected chi connectivity index (χ1v) is 9.26. The van der Waals surface area contributed by atoms with E-state index >= 15 is 0 Å². The lowest BCUT2D eigenvalue weighted by molar-refractivity contribution is -0.147. The summed E-state index contributed by atoms with van der Waals surface area (Å²) in [7, 11) is 0. The molecule has 1 aliphatic carbocycles. The first-order chi connectivity index (χ1) is 11.7. The molecule has 3 aliphatic rings. The standard InChI is InChI=1S/C19H27N3O2/c1-14-5-2-10-20-15(14)7-11-21-18(23)22-13-19(8-4-9-19)17(22)16-6-3-12-24-16/h2,5,10,16-17H,3-4,6-9,11-13H2,1H3,(H,21,23). The molecule has 3 heterocycles. The second-order valence-corrected chi connectivity index (χ2v) is 7.59. The van der Waals surface area contributed by atoms with Gasteiger partial charge in [0.2, 0.25) is 0 Å². The highest BCUT2D eigenvalue weighted by Gasteiger charge is 2.60. The molecule has 1 N–H and O–H groups in total. The first-order valence-electron chi connectivity index (χ1n) is 9.26. The van der Waals surface area contributed by atoms with E-state index < -0.39 is 0 Å². The van der Waals surface area contributed by atoms with Crippen LogP contribution in [0.15, 0.2) is 18.3 Å². The summed E-state index contributed by atoms with van der Waals surface area (Å²) in [5.74, 6) is 0. The lowest BCUT2D eigenvalue weighted by Crippen LogP contribution is -2.73. The molecule has 2 atom stereocenters. The molecule has 0 aromatic carbocycles. The van der Waals surface area contributed by atoms with Crippen LogP contribution in [0.4, 0.5) is 4.79 Å². The van der Waals surface area contributed by atoms with Gasteiger partial charge in [-0.1, -0.05) is 12.5 Å². The molecule has 1 spiro atoms. The van der Waals surface area contributed by atoms with E-state index in [9.17, 15) is 4.79 Å². The van der Waals surface area contributed by atoms with Crippen molar-refractivity contribution in [2.24, 2.45) is 5.41 Å². The summed E-state index contributed by atoms with van der Waals surface area (Å²) in [6.07, 6.45) is 8.90. The number of ether oxygens (including phenoxy) is 1. The number of hydrogen-bond acceptors (Lipinski definition) is 3. The summed E-state index contributed by atoms with van der Waals surface area (Å²) >= 11 is 0. The van der Waals surface area contributed by atoms with Crippen molar-refractivity contribution in [1.82, 2.24) is 15.2 Å². The number of nitrogens with zero attached hydrogens (tertiary/aromatic N) is 2. The van der Waals surface area contributed by atoms with Gasteiger partial charge in [-0.05, 0) is 44.2 Å². The Morgan fingerprint density at radius 1 is 1.46 bits per heavy atom. The third kappa shape index (κ3) is 2.69. The molecule has 24 heavy (non-hydrogen) atoms. The number of pyridine rings is 1. The number of likely N-dealkylation sites (tertiary alicyclic amines) is 1. The van der Waals surface area contributed by atoms with Gasteiger partial charge >= 0.3 is 6.03 Å². The fourth-order valence-electron chi connectivity index (χ4n) is 4.65. The van der Waals surface area contributed by atoms with Crippen LogP contribution in [0.1, 0.15) is 43.4 Å². The lowest BCUT2D eigenvalue weighted by Gasteiger charge is -2.63. The largest absolute Gasteiger partial charge is 0.376 e. The van der Waals surface area contributed by atoms with E-state index in [0.717, 1.165) is 38.1 Å². The van der Waals surface area contributed by atoms with E-state index in [4.69, 9.17) is 4.74 Å². The van der Waals surface area contributed by atoms with Crippen LogP contribution in [0.2, 0.25) is 0 Å². The van der Waals surface area contributed by atoms with Crippen molar-refractivity contribution in [2.75, 3.05) is 19.7 Å². The number of carbonyl (C=O) groups excluding carboxylic acids is 1. The lowest BCUT2D eigenvalue weighted by atomic mass is 9.56. The Kier molecular flexibility index (Phi) is 4.21. The van der Waals surface area contributed by atoms with E-state index in [2.05, 4.69) is 23.3 Å². The van der Waals surface area contributed by atoms with Crippen LogP contribution >= 0.6 is 0 Å². The van der Waals surface area contributed by atoms with Gasteiger partial charge in [-0.25, -0.2) is 4.79 Å². The van der Waals surface area contributed by atoms with Gasteiger partial charge < -0.3 is 15.0 Å². The maximum atomic E-state index is 12.6. The molecule has 5 nitrogen and oxygen atoms in total. The Morgan fingerprint density at radius 3 is 3.00 bits per heavy atom. The monoisotopic (exact) mass is 329 g/mol. The molecule has 4 rings (SSSR count). The van der Waals surface area contributed by atoms with Gasteiger partial charge in [0.1, 0.15) is 0 Å². The predicted octanol–water partition coefficient (Wildman–Crippen LogP) is 2.68. The smallest absolute Gasteiger partial charge is 0.317 e. The summed E-state index contributed by atoms with van der Waals surface area (Å²) in [5, 5.41) is 3.09. The van der Waals surface area contributed by atoms with Crippen molar-refractivity contribution in [2.45, 2.75) is 57.6 Å². The number of rotatable bonds is 4. The van der Waals surface area contributed by atoms with Gasteiger partial charge in [-0.2, -0.15) is 0 Å². The maximum Gasteiger partial charge on any atom is 0.317 e. The number of carbonyl (C=O) groups is 1. The van der Waals surface area contributed by atoms with Crippen molar-refractivity contribution >= 4 is 6.03 Å². The van der Waals surface area contributed by atoms with Crippen LogP contribution in [-0.2, 0) is 11.2 Å². The molecule has 1 saturated carbocycles. The summed E-state index contributed by atoms with van der Waals surface area (Å²) in [4.78, 5) is 19.1. The predicted molar refractivity (Wildman–Crippen MR) is 91.8 cm³/mol. The van der Waals surface area contributed by atoms with E-state index in [1.54, 1.807) is 0 Å². The zero-order chi connectivity index (χ0) is 16.6. The topological polar surface area (TPSA) is 54.5 Å². The number of hydrogen-bond donors (Lipinski definition) is 1. The minimum atomic E-state index is 0.0709. The number of aromatic nitrogens is 1. The van der Waals surface area contributed by atoms with Crippen LogP contribution < -0.4 is 5.32 Å². The van der Waals surface area contributed by atoms with Crippen molar-refractivity contribution in [3.05, 3.63) is 29.6 Å². The molecule has 5 heteroatoms. The van der Waals surface area contributed by atoms with Gasteiger partial charge in [-0.3, -0.25) is 4.98 Å². The molecule has 3 fully saturated rings. The molecule has 130 valence electrons. The first kappa shape index (κ1) is 15.9. The molecule has 2 aliphatic heterocycles. The molecule has 2 saturated heterocycles. The number of aryl methyl sites for hydroxylation is 1. The molecular formula is C19H27N3O2. The second kappa shape index (κ2) is 6.36. The summed E-state index contributed by atoms with van der Waals surface area (Å²) < 4.78 is 5.93. The van der Waals surface area contributed by atoms with Gasteiger partial charge in [-0.15, -0.1) is 0 Å². The highest BCUT2D eigenvalue weighted by Crippen LogP contribution is 2.55. The van der Waals surface area contributed by atoms with Gasteiger partial charge in [0.15, 0.2) is 0 Å². The molecule has 2 amide bonds. The molecular weight excluding hydrogens is 302 g/mol. The highest BCUT2D eigenvalue weighted by molar-refractivity contribution is 5.76. The second-order valence-electron chi connectivity index (χ2n) is 7.59. The van der Waals surface area contributed by atoms with E-state index in [1.165, 1.54) is 24.8 Å². The van der Waals surface area contributed by atoms with Crippen LogP contribution in [0, 0.1) is 12.3 Å². The third-order valence-corrected chi connectivity index (χ3v) is 6.13. The Balaban J connectivity index is 1.33. The van der Waals surface area contributed by atoms with Gasteiger partial charge in [0, 0.05) is 43.4 Å². The zero-order valence-corrected chi connectivity index (χ0v) is 14.5. The van der Waals surface area contributed by atoms with E-state index in [-0.39, 0.29) is 12.1 Å². The van der Waals surface area contributed by atoms with Crippen molar-refractivity contribution < 1.29 is 9.53 Å². The summed E-state index contributed by atoms with van der Waals surface area (Å²) in [5.41, 5.74) is 2.61. The SMILES string of the molecule is Cc1cccnc1CCNC(=O)N1CC2(CCC2)C1C1CCCO1. The van der Waals surface area contributed by atoms with Crippen molar-refractivity contribution in [3.63, 3.8) is 0 Å². The number of nitrogens with one attached hydrogen (secondary N) is 1. The highest BCUT2D eigenvalue weighted by atomic mass is 16.5. The molecule has 1 aromatic heterocycles. The molecule has 0 bridgehead atoms. The van der Waals surface area contributed by atoms with Crippen molar-refractivity contribution in [3.8, 4) is 0 Å². The van der Waals surface area contributed by atoms with Gasteiger partial charge in [0.25, 0.3) is 0 Å². The minimum absolute atomic E-state index is 0.0709. The molecule has 0 radical (unpaired) electrons. The minimum Gasteiger partial charge on any atom is -0.376 e. The third-order valence-electron chi connectivity index (χ3n) is 6.13. The quantitative estimate of drug-likeness (QED) is 0.924. The Bertz CT molecular complexity index is 608. The van der Waals surface area contributed by atoms with E-state index in [1.807, 2.05) is 17.2 Å². The molecule has 1 aromatic rings. The Labute approximate surface area is 143 Å². The van der Waals surface area contributed by atoms with E-state index in [0.29, 0.717) is 18.0 Å². The molecule has 2 unspecified atom stereocenters. The average molecular weight is 329 g/mol. The maximum absolute atomic E-state index is 12.6.